The van der Waals surface area contributed by atoms with Crippen molar-refractivity contribution in [1.29, 1.82) is 0 Å². The van der Waals surface area contributed by atoms with Crippen molar-refractivity contribution < 1.29 is 9.47 Å². The molecule has 1 atom stereocenters. The molecule has 0 aliphatic carbocycles. The van der Waals surface area contributed by atoms with Gasteiger partial charge in [-0.1, -0.05) is 31.2 Å². The Labute approximate surface area is 123 Å². The molecule has 0 heterocycles. The van der Waals surface area contributed by atoms with Gasteiger partial charge in [-0.05, 0) is 45.4 Å². The summed E-state index contributed by atoms with van der Waals surface area (Å²) in [7, 11) is 0. The number of hydrogen-bond donors (Lipinski definition) is 1. The van der Waals surface area contributed by atoms with Crippen LogP contribution in [0.25, 0.3) is 0 Å². The largest absolute Gasteiger partial charge is 0.377 e. The molecule has 1 aromatic carbocycles. The van der Waals surface area contributed by atoms with Gasteiger partial charge in [0.15, 0.2) is 0 Å². The van der Waals surface area contributed by atoms with Crippen molar-refractivity contribution in [2.75, 3.05) is 26.4 Å². The van der Waals surface area contributed by atoms with Gasteiger partial charge < -0.3 is 14.8 Å². The maximum absolute atomic E-state index is 5.77. The fourth-order valence-corrected chi connectivity index (χ4v) is 2.09. The van der Waals surface area contributed by atoms with Gasteiger partial charge in [-0.25, -0.2) is 0 Å². The molecule has 0 amide bonds. The maximum atomic E-state index is 5.77. The van der Waals surface area contributed by atoms with E-state index in [1.807, 2.05) is 0 Å². The van der Waals surface area contributed by atoms with Crippen molar-refractivity contribution in [2.45, 2.75) is 46.3 Å². The number of rotatable bonds is 8. The van der Waals surface area contributed by atoms with E-state index in [1.165, 1.54) is 11.1 Å². The first-order valence-electron chi connectivity index (χ1n) is 7.44. The molecule has 1 N–H and O–H groups in total. The van der Waals surface area contributed by atoms with Crippen LogP contribution in [-0.2, 0) is 9.47 Å². The van der Waals surface area contributed by atoms with Gasteiger partial charge in [-0.2, -0.15) is 0 Å². The van der Waals surface area contributed by atoms with Crippen LogP contribution in [0.15, 0.2) is 24.3 Å². The lowest BCUT2D eigenvalue weighted by molar-refractivity contribution is -0.0373. The SMILES string of the molecule is CCNC(COCCOC(C)(C)C)c1ccccc1C. The minimum Gasteiger partial charge on any atom is -0.377 e. The van der Waals surface area contributed by atoms with Crippen LogP contribution in [0, 0.1) is 6.92 Å². The predicted molar refractivity (Wildman–Crippen MR) is 84.1 cm³/mol. The number of hydrogen-bond acceptors (Lipinski definition) is 3. The lowest BCUT2D eigenvalue weighted by Gasteiger charge is -2.22. The molecule has 0 radical (unpaired) electrons. The predicted octanol–water partition coefficient (Wildman–Crippen LogP) is 3.48. The van der Waals surface area contributed by atoms with Gasteiger partial charge in [0, 0.05) is 0 Å². The second-order valence-corrected chi connectivity index (χ2v) is 6.00. The highest BCUT2D eigenvalue weighted by molar-refractivity contribution is 5.28. The molecular weight excluding hydrogens is 250 g/mol. The summed E-state index contributed by atoms with van der Waals surface area (Å²) < 4.78 is 11.4. The molecule has 1 aromatic rings. The molecule has 0 aliphatic heterocycles. The number of likely N-dealkylation sites (N-methyl/N-ethyl adjacent to an activating group) is 1. The fourth-order valence-electron chi connectivity index (χ4n) is 2.09. The van der Waals surface area contributed by atoms with Crippen LogP contribution in [0.4, 0.5) is 0 Å². The molecule has 0 spiro atoms. The highest BCUT2D eigenvalue weighted by Gasteiger charge is 2.13. The average Bonchev–Trinajstić information content (AvgIpc) is 2.36. The third-order valence-corrected chi connectivity index (χ3v) is 3.06. The number of benzene rings is 1. The van der Waals surface area contributed by atoms with Crippen LogP contribution in [0.3, 0.4) is 0 Å². The van der Waals surface area contributed by atoms with Crippen LogP contribution >= 0.6 is 0 Å². The lowest BCUT2D eigenvalue weighted by atomic mass is 10.0. The summed E-state index contributed by atoms with van der Waals surface area (Å²) in [5.74, 6) is 0. The molecule has 0 saturated carbocycles. The van der Waals surface area contributed by atoms with E-state index in [2.05, 4.69) is 64.2 Å². The lowest BCUT2D eigenvalue weighted by Crippen LogP contribution is -2.27. The average molecular weight is 279 g/mol. The van der Waals surface area contributed by atoms with Gasteiger partial charge in [-0.15, -0.1) is 0 Å². The minimum atomic E-state index is -0.0968. The van der Waals surface area contributed by atoms with Crippen LogP contribution in [-0.4, -0.2) is 32.0 Å². The van der Waals surface area contributed by atoms with Crippen molar-refractivity contribution in [3.8, 4) is 0 Å². The zero-order valence-corrected chi connectivity index (χ0v) is 13.5. The highest BCUT2D eigenvalue weighted by Crippen LogP contribution is 2.17. The Morgan fingerprint density at radius 2 is 1.85 bits per heavy atom. The standard InChI is InChI=1S/C17H29NO2/c1-6-18-16(15-10-8-7-9-14(15)2)13-19-11-12-20-17(3,4)5/h7-10,16,18H,6,11-13H2,1-5H3. The van der Waals surface area contributed by atoms with Gasteiger partial charge in [0.25, 0.3) is 0 Å². The van der Waals surface area contributed by atoms with E-state index in [4.69, 9.17) is 9.47 Å². The van der Waals surface area contributed by atoms with Crippen molar-refractivity contribution in [2.24, 2.45) is 0 Å². The first-order valence-corrected chi connectivity index (χ1v) is 7.44. The molecule has 3 nitrogen and oxygen atoms in total. The summed E-state index contributed by atoms with van der Waals surface area (Å²) in [4.78, 5) is 0. The molecule has 0 bridgehead atoms. The maximum Gasteiger partial charge on any atom is 0.0707 e. The Morgan fingerprint density at radius 1 is 1.15 bits per heavy atom. The Hall–Kier alpha value is -0.900. The molecule has 114 valence electrons. The van der Waals surface area contributed by atoms with E-state index < -0.39 is 0 Å². The van der Waals surface area contributed by atoms with Crippen LogP contribution in [0.5, 0.6) is 0 Å². The molecule has 0 fully saturated rings. The van der Waals surface area contributed by atoms with Gasteiger partial charge in [0.2, 0.25) is 0 Å². The second-order valence-electron chi connectivity index (χ2n) is 6.00. The fraction of sp³-hybridized carbons (Fsp3) is 0.647. The Morgan fingerprint density at radius 3 is 2.45 bits per heavy atom. The molecule has 0 aromatic heterocycles. The zero-order chi connectivity index (χ0) is 15.0. The molecule has 0 aliphatic rings. The second kappa shape index (κ2) is 8.40. The summed E-state index contributed by atoms with van der Waals surface area (Å²) in [6.07, 6.45) is 0. The molecule has 3 heteroatoms. The van der Waals surface area contributed by atoms with E-state index in [1.54, 1.807) is 0 Å². The van der Waals surface area contributed by atoms with Crippen molar-refractivity contribution >= 4 is 0 Å². The van der Waals surface area contributed by atoms with Crippen LogP contribution in [0.2, 0.25) is 0 Å². The minimum absolute atomic E-state index is 0.0968. The Balaban J connectivity index is 2.42. The summed E-state index contributed by atoms with van der Waals surface area (Å²) in [5.41, 5.74) is 2.51. The molecule has 0 saturated heterocycles. The van der Waals surface area contributed by atoms with Gasteiger partial charge in [-0.3, -0.25) is 0 Å². The van der Waals surface area contributed by atoms with E-state index in [9.17, 15) is 0 Å². The monoisotopic (exact) mass is 279 g/mol. The van der Waals surface area contributed by atoms with Gasteiger partial charge in [0.1, 0.15) is 0 Å². The van der Waals surface area contributed by atoms with Crippen molar-refractivity contribution in [3.63, 3.8) is 0 Å². The van der Waals surface area contributed by atoms with Gasteiger partial charge >= 0.3 is 0 Å². The number of ether oxygens (including phenoxy) is 2. The summed E-state index contributed by atoms with van der Waals surface area (Å²) >= 11 is 0. The topological polar surface area (TPSA) is 30.5 Å². The van der Waals surface area contributed by atoms with Crippen LogP contribution in [0.1, 0.15) is 44.9 Å². The van der Waals surface area contributed by atoms with E-state index in [0.29, 0.717) is 19.8 Å². The smallest absolute Gasteiger partial charge is 0.0707 e. The normalized spacial score (nSPS) is 13.4. The number of nitrogens with one attached hydrogen (secondary N) is 1. The first kappa shape index (κ1) is 17.2. The molecule has 1 rings (SSSR count). The Kier molecular flexibility index (Phi) is 7.20. The summed E-state index contributed by atoms with van der Waals surface area (Å²) in [6, 6.07) is 8.70. The van der Waals surface area contributed by atoms with Gasteiger partial charge in [0.05, 0.1) is 31.5 Å². The van der Waals surface area contributed by atoms with Crippen molar-refractivity contribution in [1.82, 2.24) is 5.32 Å². The Bertz CT molecular complexity index is 385. The van der Waals surface area contributed by atoms with Crippen LogP contribution < -0.4 is 5.32 Å². The molecule has 20 heavy (non-hydrogen) atoms. The third-order valence-electron chi connectivity index (χ3n) is 3.06. The van der Waals surface area contributed by atoms with E-state index in [-0.39, 0.29) is 11.6 Å². The van der Waals surface area contributed by atoms with E-state index >= 15 is 0 Å². The molecule has 1 unspecified atom stereocenters. The zero-order valence-electron chi connectivity index (χ0n) is 13.5. The van der Waals surface area contributed by atoms with Crippen molar-refractivity contribution in [3.05, 3.63) is 35.4 Å². The molecular formula is C17H29NO2. The highest BCUT2D eigenvalue weighted by atomic mass is 16.5. The number of aryl methyl sites for hydroxylation is 1. The quantitative estimate of drug-likeness (QED) is 0.739. The first-order chi connectivity index (χ1) is 9.44. The third kappa shape index (κ3) is 6.51. The van der Waals surface area contributed by atoms with E-state index in [0.717, 1.165) is 6.54 Å². The summed E-state index contributed by atoms with van der Waals surface area (Å²) in [5, 5.41) is 3.48. The summed E-state index contributed by atoms with van der Waals surface area (Å²) in [6.45, 7) is 13.3.